The van der Waals surface area contributed by atoms with Crippen LogP contribution in [0.1, 0.15) is 53.0 Å². The van der Waals surface area contributed by atoms with Gasteiger partial charge in [-0.2, -0.15) is 5.10 Å². The maximum absolute atomic E-state index is 12.8. The summed E-state index contributed by atoms with van der Waals surface area (Å²) in [6.07, 6.45) is 3.41. The normalized spacial score (nSPS) is 10.8. The van der Waals surface area contributed by atoms with Gasteiger partial charge < -0.3 is 10.1 Å². The molecule has 0 aliphatic rings. The monoisotopic (exact) mass is 391 g/mol. The van der Waals surface area contributed by atoms with E-state index in [1.54, 1.807) is 6.20 Å². The van der Waals surface area contributed by atoms with Crippen molar-refractivity contribution in [1.82, 2.24) is 15.1 Å². The minimum atomic E-state index is -0.0922. The summed E-state index contributed by atoms with van der Waals surface area (Å²) < 4.78 is 7.58. The highest BCUT2D eigenvalue weighted by atomic mass is 16.5. The van der Waals surface area contributed by atoms with Gasteiger partial charge in [-0.1, -0.05) is 68.4 Å². The molecule has 0 radical (unpaired) electrons. The summed E-state index contributed by atoms with van der Waals surface area (Å²) in [6.45, 7) is 6.58. The van der Waals surface area contributed by atoms with E-state index in [0.29, 0.717) is 25.3 Å². The Morgan fingerprint density at radius 1 is 1.03 bits per heavy atom. The average Bonchev–Trinajstić information content (AvgIpc) is 3.16. The molecule has 3 rings (SSSR count). The Morgan fingerprint density at radius 3 is 2.48 bits per heavy atom. The van der Waals surface area contributed by atoms with Crippen molar-refractivity contribution in [2.75, 3.05) is 6.61 Å². The Hall–Kier alpha value is -2.92. The van der Waals surface area contributed by atoms with Crippen LogP contribution in [0, 0.1) is 0 Å². The summed E-state index contributed by atoms with van der Waals surface area (Å²) in [6, 6.07) is 18.2. The van der Waals surface area contributed by atoms with Crippen LogP contribution in [0.15, 0.2) is 60.8 Å². The fourth-order valence-electron chi connectivity index (χ4n) is 3.33. The molecule has 0 bridgehead atoms. The number of hydrogen-bond donors (Lipinski definition) is 1. The number of nitrogens with zero attached hydrogens (tertiary/aromatic N) is 2. The molecule has 0 aliphatic heterocycles. The Kier molecular flexibility index (Phi) is 7.59. The fourth-order valence-corrected chi connectivity index (χ4v) is 3.33. The first-order chi connectivity index (χ1) is 14.2. The van der Waals surface area contributed by atoms with E-state index in [0.717, 1.165) is 36.3 Å². The molecule has 152 valence electrons. The van der Waals surface area contributed by atoms with Gasteiger partial charge in [0.05, 0.1) is 30.6 Å². The van der Waals surface area contributed by atoms with Gasteiger partial charge in [-0.25, -0.2) is 0 Å². The van der Waals surface area contributed by atoms with Crippen LogP contribution in [0.25, 0.3) is 0 Å². The van der Waals surface area contributed by atoms with Crippen LogP contribution >= 0.6 is 0 Å². The zero-order valence-electron chi connectivity index (χ0n) is 17.2. The number of rotatable bonds is 10. The molecule has 3 aromatic rings. The van der Waals surface area contributed by atoms with E-state index in [2.05, 4.69) is 36.4 Å². The van der Waals surface area contributed by atoms with Gasteiger partial charge >= 0.3 is 0 Å². The van der Waals surface area contributed by atoms with Crippen LogP contribution < -0.4 is 5.32 Å². The Morgan fingerprint density at radius 2 is 1.76 bits per heavy atom. The van der Waals surface area contributed by atoms with E-state index in [4.69, 9.17) is 4.74 Å². The fraction of sp³-hybridized carbons (Fsp3) is 0.333. The topological polar surface area (TPSA) is 56.1 Å². The van der Waals surface area contributed by atoms with Crippen LogP contribution in [0.5, 0.6) is 0 Å². The summed E-state index contributed by atoms with van der Waals surface area (Å²) in [5.74, 6) is -0.0922. The van der Waals surface area contributed by atoms with Crippen molar-refractivity contribution in [2.45, 2.75) is 46.4 Å². The summed E-state index contributed by atoms with van der Waals surface area (Å²) in [5.41, 5.74) is 4.94. The van der Waals surface area contributed by atoms with Gasteiger partial charge in [0.15, 0.2) is 0 Å². The second-order valence-electron chi connectivity index (χ2n) is 7.01. The SMILES string of the molecule is CCCOCc1ccccc1CNC(=O)c1cnn(Cc2ccccc2)c1CC. The van der Waals surface area contributed by atoms with Crippen LogP contribution in [0.4, 0.5) is 0 Å². The van der Waals surface area contributed by atoms with Crippen molar-refractivity contribution < 1.29 is 9.53 Å². The zero-order valence-corrected chi connectivity index (χ0v) is 17.2. The standard InChI is InChI=1S/C24H29N3O2/c1-3-14-29-18-21-13-9-8-12-20(21)15-25-24(28)22-16-26-27(23(22)4-2)17-19-10-6-5-7-11-19/h5-13,16H,3-4,14-15,17-18H2,1-2H3,(H,25,28). The van der Waals surface area contributed by atoms with E-state index in [1.807, 2.05) is 47.1 Å². The molecule has 2 aromatic carbocycles. The lowest BCUT2D eigenvalue weighted by Crippen LogP contribution is -2.24. The molecule has 0 aliphatic carbocycles. The van der Waals surface area contributed by atoms with E-state index in [-0.39, 0.29) is 5.91 Å². The third-order valence-corrected chi connectivity index (χ3v) is 4.87. The van der Waals surface area contributed by atoms with Gasteiger partial charge in [0.25, 0.3) is 5.91 Å². The molecular weight excluding hydrogens is 362 g/mol. The zero-order chi connectivity index (χ0) is 20.5. The number of carbonyl (C=O) groups is 1. The van der Waals surface area contributed by atoms with Gasteiger partial charge in [0.2, 0.25) is 0 Å². The first kappa shape index (κ1) is 20.8. The second-order valence-corrected chi connectivity index (χ2v) is 7.01. The first-order valence-corrected chi connectivity index (χ1v) is 10.2. The molecule has 1 aromatic heterocycles. The molecule has 1 amide bonds. The maximum Gasteiger partial charge on any atom is 0.255 e. The molecule has 0 saturated heterocycles. The molecule has 5 heteroatoms. The summed E-state index contributed by atoms with van der Waals surface area (Å²) in [5, 5.41) is 7.51. The van der Waals surface area contributed by atoms with E-state index >= 15 is 0 Å². The van der Waals surface area contributed by atoms with Crippen molar-refractivity contribution in [3.05, 3.63) is 88.7 Å². The molecule has 5 nitrogen and oxygen atoms in total. The number of nitrogens with one attached hydrogen (secondary N) is 1. The smallest absolute Gasteiger partial charge is 0.255 e. The third kappa shape index (κ3) is 5.55. The van der Waals surface area contributed by atoms with Gasteiger partial charge in [0.1, 0.15) is 0 Å². The molecule has 29 heavy (non-hydrogen) atoms. The molecule has 0 atom stereocenters. The summed E-state index contributed by atoms with van der Waals surface area (Å²) >= 11 is 0. The van der Waals surface area contributed by atoms with Crippen molar-refractivity contribution in [3.63, 3.8) is 0 Å². The van der Waals surface area contributed by atoms with Crippen LogP contribution in [-0.2, 0) is 30.9 Å². The van der Waals surface area contributed by atoms with Crippen LogP contribution in [-0.4, -0.2) is 22.3 Å². The predicted octanol–water partition coefficient (Wildman–Crippen LogP) is 4.35. The lowest BCUT2D eigenvalue weighted by Gasteiger charge is -2.12. The van der Waals surface area contributed by atoms with Crippen molar-refractivity contribution in [3.8, 4) is 0 Å². The van der Waals surface area contributed by atoms with Gasteiger partial charge in [-0.05, 0) is 29.5 Å². The Bertz CT molecular complexity index is 919. The molecule has 0 saturated carbocycles. The number of benzene rings is 2. The molecule has 1 heterocycles. The van der Waals surface area contributed by atoms with E-state index in [1.165, 1.54) is 5.56 Å². The number of amides is 1. The van der Waals surface area contributed by atoms with Gasteiger partial charge in [-0.3, -0.25) is 9.48 Å². The quantitative estimate of drug-likeness (QED) is 0.523. The van der Waals surface area contributed by atoms with Crippen LogP contribution in [0.2, 0.25) is 0 Å². The molecule has 1 N–H and O–H groups in total. The van der Waals surface area contributed by atoms with Crippen molar-refractivity contribution in [1.29, 1.82) is 0 Å². The molecule has 0 spiro atoms. The molecule has 0 fully saturated rings. The summed E-state index contributed by atoms with van der Waals surface area (Å²) in [7, 11) is 0. The molecular formula is C24H29N3O2. The third-order valence-electron chi connectivity index (χ3n) is 4.87. The predicted molar refractivity (Wildman–Crippen MR) is 115 cm³/mol. The number of carbonyl (C=O) groups excluding carboxylic acids is 1. The van der Waals surface area contributed by atoms with Crippen molar-refractivity contribution >= 4 is 5.91 Å². The average molecular weight is 392 g/mol. The second kappa shape index (κ2) is 10.6. The minimum absolute atomic E-state index is 0.0922. The lowest BCUT2D eigenvalue weighted by molar-refractivity contribution is 0.0948. The van der Waals surface area contributed by atoms with Crippen LogP contribution in [0.3, 0.4) is 0 Å². The van der Waals surface area contributed by atoms with Gasteiger partial charge in [-0.15, -0.1) is 0 Å². The Balaban J connectivity index is 1.67. The molecule has 0 unspecified atom stereocenters. The van der Waals surface area contributed by atoms with E-state index in [9.17, 15) is 4.79 Å². The largest absolute Gasteiger partial charge is 0.377 e. The van der Waals surface area contributed by atoms with E-state index < -0.39 is 0 Å². The number of ether oxygens (including phenoxy) is 1. The van der Waals surface area contributed by atoms with Crippen molar-refractivity contribution in [2.24, 2.45) is 0 Å². The highest BCUT2D eigenvalue weighted by Crippen LogP contribution is 2.14. The lowest BCUT2D eigenvalue weighted by atomic mass is 10.1. The maximum atomic E-state index is 12.8. The summed E-state index contributed by atoms with van der Waals surface area (Å²) in [4.78, 5) is 12.8. The highest BCUT2D eigenvalue weighted by Gasteiger charge is 2.16. The Labute approximate surface area is 172 Å². The number of hydrogen-bond acceptors (Lipinski definition) is 3. The number of aromatic nitrogens is 2. The van der Waals surface area contributed by atoms with Gasteiger partial charge in [0, 0.05) is 13.2 Å². The first-order valence-electron chi connectivity index (χ1n) is 10.2. The highest BCUT2D eigenvalue weighted by molar-refractivity contribution is 5.95. The minimum Gasteiger partial charge on any atom is -0.377 e.